The molecule has 0 unspecified atom stereocenters. The highest BCUT2D eigenvalue weighted by atomic mass is 79.9. The van der Waals surface area contributed by atoms with Gasteiger partial charge in [0.1, 0.15) is 12.2 Å². The number of ether oxygens (including phenoxy) is 2. The first-order valence-electron chi connectivity index (χ1n) is 12.8. The van der Waals surface area contributed by atoms with E-state index in [0.717, 1.165) is 32.4 Å². The number of nitrogens with zero attached hydrogens (tertiary/aromatic N) is 1. The Morgan fingerprint density at radius 3 is 2.50 bits per heavy atom. The van der Waals surface area contributed by atoms with E-state index in [1.807, 2.05) is 32.0 Å². The number of urea groups is 1. The van der Waals surface area contributed by atoms with Gasteiger partial charge in [-0.2, -0.15) is 0 Å². The number of amides is 4. The zero-order valence-corrected chi connectivity index (χ0v) is 23.9. The van der Waals surface area contributed by atoms with Gasteiger partial charge in [-0.1, -0.05) is 48.5 Å². The Morgan fingerprint density at radius 1 is 0.925 bits per heavy atom. The molecule has 40 heavy (non-hydrogen) atoms. The van der Waals surface area contributed by atoms with E-state index in [1.165, 1.54) is 6.08 Å². The van der Waals surface area contributed by atoms with Gasteiger partial charge in [-0.15, -0.1) is 0 Å². The molecule has 0 radical (unpaired) electrons. The maximum atomic E-state index is 13.3. The van der Waals surface area contributed by atoms with Gasteiger partial charge in [-0.3, -0.25) is 14.9 Å². The fourth-order valence-electron chi connectivity index (χ4n) is 4.68. The number of anilines is 1. The molecule has 1 fully saturated rings. The molecule has 202 valence electrons. The van der Waals surface area contributed by atoms with Crippen LogP contribution in [0.1, 0.15) is 29.2 Å². The van der Waals surface area contributed by atoms with Gasteiger partial charge in [0.25, 0.3) is 11.8 Å². The summed E-state index contributed by atoms with van der Waals surface area (Å²) in [5.41, 5.74) is 3.80. The van der Waals surface area contributed by atoms with Crippen LogP contribution in [0.25, 0.3) is 16.8 Å². The number of halogens is 1. The SMILES string of the molecule is CCOc1cc(/C=C2\C(=O)NC(=O)N(c3cccc(C)c3)C2=O)cc(Br)c1OCc1c(C)ccc2ccccc12. The van der Waals surface area contributed by atoms with Crippen molar-refractivity contribution in [3.05, 3.63) is 105 Å². The van der Waals surface area contributed by atoms with Gasteiger partial charge in [0, 0.05) is 5.56 Å². The lowest BCUT2D eigenvalue weighted by molar-refractivity contribution is -0.122. The van der Waals surface area contributed by atoms with Crippen molar-refractivity contribution < 1.29 is 23.9 Å². The summed E-state index contributed by atoms with van der Waals surface area (Å²) < 4.78 is 12.8. The van der Waals surface area contributed by atoms with E-state index in [2.05, 4.69) is 52.4 Å². The summed E-state index contributed by atoms with van der Waals surface area (Å²) in [6.07, 6.45) is 1.44. The van der Waals surface area contributed by atoms with Crippen LogP contribution >= 0.6 is 15.9 Å². The Bertz CT molecular complexity index is 1690. The first-order valence-corrected chi connectivity index (χ1v) is 13.6. The van der Waals surface area contributed by atoms with Crippen LogP contribution in [0.4, 0.5) is 10.5 Å². The Balaban J connectivity index is 1.48. The van der Waals surface area contributed by atoms with Crippen LogP contribution in [-0.4, -0.2) is 24.5 Å². The largest absolute Gasteiger partial charge is 0.490 e. The molecule has 0 aromatic heterocycles. The molecule has 1 heterocycles. The summed E-state index contributed by atoms with van der Waals surface area (Å²) in [7, 11) is 0. The van der Waals surface area contributed by atoms with Crippen LogP contribution in [0.5, 0.6) is 11.5 Å². The Labute approximate surface area is 240 Å². The second-order valence-corrected chi connectivity index (χ2v) is 10.3. The van der Waals surface area contributed by atoms with E-state index >= 15 is 0 Å². The molecular weight excluding hydrogens is 572 g/mol. The van der Waals surface area contributed by atoms with Crippen molar-refractivity contribution in [1.29, 1.82) is 0 Å². The van der Waals surface area contributed by atoms with Crippen LogP contribution in [0.15, 0.2) is 82.8 Å². The van der Waals surface area contributed by atoms with E-state index < -0.39 is 17.8 Å². The third kappa shape index (κ3) is 5.35. The number of rotatable bonds is 7. The average Bonchev–Trinajstić information content (AvgIpc) is 2.91. The maximum Gasteiger partial charge on any atom is 0.335 e. The molecule has 4 amide bonds. The lowest BCUT2D eigenvalue weighted by Gasteiger charge is -2.26. The number of imide groups is 2. The van der Waals surface area contributed by atoms with Crippen molar-refractivity contribution >= 4 is 56.3 Å². The van der Waals surface area contributed by atoms with Gasteiger partial charge < -0.3 is 9.47 Å². The summed E-state index contributed by atoms with van der Waals surface area (Å²) in [6, 6.07) is 21.9. The number of carbonyl (C=O) groups excluding carboxylic acids is 3. The molecule has 5 rings (SSSR count). The van der Waals surface area contributed by atoms with Gasteiger partial charge >= 0.3 is 6.03 Å². The molecule has 0 saturated carbocycles. The zero-order valence-electron chi connectivity index (χ0n) is 22.3. The van der Waals surface area contributed by atoms with E-state index in [1.54, 1.807) is 30.3 Å². The highest BCUT2D eigenvalue weighted by molar-refractivity contribution is 9.10. The van der Waals surface area contributed by atoms with E-state index in [4.69, 9.17) is 9.47 Å². The number of hydrogen-bond acceptors (Lipinski definition) is 5. The molecule has 8 heteroatoms. The molecule has 1 saturated heterocycles. The predicted octanol–water partition coefficient (Wildman–Crippen LogP) is 6.86. The van der Waals surface area contributed by atoms with Crippen molar-refractivity contribution in [3.63, 3.8) is 0 Å². The molecule has 0 bridgehead atoms. The number of benzene rings is 4. The molecule has 1 aliphatic heterocycles. The van der Waals surface area contributed by atoms with Crippen LogP contribution in [0.3, 0.4) is 0 Å². The number of nitrogens with one attached hydrogen (secondary N) is 1. The monoisotopic (exact) mass is 598 g/mol. The number of carbonyl (C=O) groups is 3. The van der Waals surface area contributed by atoms with E-state index in [9.17, 15) is 14.4 Å². The summed E-state index contributed by atoms with van der Waals surface area (Å²) >= 11 is 3.59. The number of barbiturate groups is 1. The zero-order chi connectivity index (χ0) is 28.4. The fourth-order valence-corrected chi connectivity index (χ4v) is 5.26. The van der Waals surface area contributed by atoms with E-state index in [-0.39, 0.29) is 5.57 Å². The Morgan fingerprint density at radius 2 is 1.73 bits per heavy atom. The molecule has 1 N–H and O–H groups in total. The van der Waals surface area contributed by atoms with Gasteiger partial charge in [-0.05, 0) is 94.5 Å². The van der Waals surface area contributed by atoms with Crippen molar-refractivity contribution in [2.45, 2.75) is 27.4 Å². The van der Waals surface area contributed by atoms with Gasteiger partial charge in [0.2, 0.25) is 0 Å². The predicted molar refractivity (Wildman–Crippen MR) is 159 cm³/mol. The Hall–Kier alpha value is -4.43. The van der Waals surface area contributed by atoms with Crippen molar-refractivity contribution in [2.75, 3.05) is 11.5 Å². The molecule has 4 aromatic carbocycles. The maximum absolute atomic E-state index is 13.3. The molecule has 7 nitrogen and oxygen atoms in total. The van der Waals surface area contributed by atoms with Crippen molar-refractivity contribution in [2.24, 2.45) is 0 Å². The minimum absolute atomic E-state index is 0.171. The second-order valence-electron chi connectivity index (χ2n) is 9.43. The molecule has 4 aromatic rings. The van der Waals surface area contributed by atoms with Crippen molar-refractivity contribution in [1.82, 2.24) is 5.32 Å². The highest BCUT2D eigenvalue weighted by Crippen LogP contribution is 2.39. The molecule has 0 atom stereocenters. The van der Waals surface area contributed by atoms with E-state index in [0.29, 0.717) is 40.4 Å². The lowest BCUT2D eigenvalue weighted by atomic mass is 10.0. The minimum Gasteiger partial charge on any atom is -0.490 e. The second kappa shape index (κ2) is 11.4. The Kier molecular flexibility index (Phi) is 7.71. The topological polar surface area (TPSA) is 84.9 Å². The van der Waals surface area contributed by atoms with Gasteiger partial charge in [0.05, 0.1) is 16.8 Å². The van der Waals surface area contributed by atoms with Gasteiger partial charge in [-0.25, -0.2) is 9.69 Å². The number of aryl methyl sites for hydroxylation is 2. The van der Waals surface area contributed by atoms with Gasteiger partial charge in [0.15, 0.2) is 11.5 Å². The summed E-state index contributed by atoms with van der Waals surface area (Å²) in [4.78, 5) is 39.6. The first kappa shape index (κ1) is 27.1. The number of fused-ring (bicyclic) bond motifs is 1. The quantitative estimate of drug-likeness (QED) is 0.185. The minimum atomic E-state index is -0.790. The number of hydrogen-bond donors (Lipinski definition) is 1. The fraction of sp³-hybridized carbons (Fsp3) is 0.156. The van der Waals surface area contributed by atoms with Crippen LogP contribution in [-0.2, 0) is 16.2 Å². The van der Waals surface area contributed by atoms with Crippen LogP contribution < -0.4 is 19.7 Å². The van der Waals surface area contributed by atoms with Crippen LogP contribution in [0.2, 0.25) is 0 Å². The third-order valence-electron chi connectivity index (χ3n) is 6.64. The van der Waals surface area contributed by atoms with Crippen LogP contribution in [0, 0.1) is 13.8 Å². The molecule has 0 spiro atoms. The first-order chi connectivity index (χ1) is 19.3. The average molecular weight is 599 g/mol. The standard InChI is InChI=1S/C32H27BrN2O5/c1-4-39-28-17-21(15-25-30(36)34-32(38)35(31(25)37)23-10-7-8-19(2)14-23)16-27(33)29(28)40-18-26-20(3)12-13-22-9-5-6-11-24(22)26/h5-17H,4,18H2,1-3H3,(H,34,36,38)/b25-15+. The smallest absolute Gasteiger partial charge is 0.335 e. The normalized spacial score (nSPS) is 14.6. The molecular formula is C32H27BrN2O5. The summed E-state index contributed by atoms with van der Waals surface area (Å²) in [6.45, 7) is 6.47. The highest BCUT2D eigenvalue weighted by Gasteiger charge is 2.37. The summed E-state index contributed by atoms with van der Waals surface area (Å²) in [5, 5.41) is 4.51. The van der Waals surface area contributed by atoms with Crippen molar-refractivity contribution in [3.8, 4) is 11.5 Å². The molecule has 0 aliphatic carbocycles. The lowest BCUT2D eigenvalue weighted by Crippen LogP contribution is -2.54. The summed E-state index contributed by atoms with van der Waals surface area (Å²) in [5.74, 6) is -0.510. The molecule has 1 aliphatic rings. The third-order valence-corrected chi connectivity index (χ3v) is 7.23.